The number of ether oxygens (including phenoxy) is 1. The van der Waals surface area contributed by atoms with Gasteiger partial charge in [0, 0.05) is 6.42 Å². The fraction of sp³-hybridized carbons (Fsp3) is 0.930. The van der Waals surface area contributed by atoms with Gasteiger partial charge in [0.1, 0.15) is 6.10 Å². The Kier molecular flexibility index (Phi) is 50.4. The molecule has 0 saturated heterocycles. The molecule has 0 aromatic heterocycles. The summed E-state index contributed by atoms with van der Waals surface area (Å²) in [5, 5.41) is 23.8. The van der Waals surface area contributed by atoms with Gasteiger partial charge in [-0.15, -0.1) is 0 Å². The van der Waals surface area contributed by atoms with Crippen LogP contribution in [0.15, 0.2) is 12.2 Å². The Morgan fingerprint density at radius 2 is 0.762 bits per heavy atom. The van der Waals surface area contributed by atoms with Gasteiger partial charge in [-0.1, -0.05) is 264 Å². The molecule has 3 unspecified atom stereocenters. The Morgan fingerprint density at radius 3 is 1.13 bits per heavy atom. The maximum absolute atomic E-state index is 13.2. The molecule has 0 rings (SSSR count). The van der Waals surface area contributed by atoms with Crippen LogP contribution < -0.4 is 5.32 Å². The Morgan fingerprint density at radius 1 is 0.444 bits per heavy atom. The molecule has 6 heteroatoms. The van der Waals surface area contributed by atoms with Crippen molar-refractivity contribution in [3.8, 4) is 0 Å². The summed E-state index contributed by atoms with van der Waals surface area (Å²) in [7, 11) is 0. The van der Waals surface area contributed by atoms with Crippen LogP contribution in [0, 0.1) is 0 Å². The molecule has 0 radical (unpaired) electrons. The maximum Gasteiger partial charge on any atom is 0.306 e. The number of aliphatic hydroxyl groups excluding tert-OH is 2. The number of rotatable bonds is 52. The Labute approximate surface area is 393 Å². The minimum absolute atomic E-state index is 0.0845. The van der Waals surface area contributed by atoms with Gasteiger partial charge < -0.3 is 20.3 Å². The van der Waals surface area contributed by atoms with Gasteiger partial charge in [0.15, 0.2) is 0 Å². The molecule has 0 fully saturated rings. The average molecular weight is 891 g/mol. The largest absolute Gasteiger partial charge is 0.462 e. The molecule has 374 valence electrons. The Bertz CT molecular complexity index is 955. The van der Waals surface area contributed by atoms with Crippen molar-refractivity contribution in [2.45, 2.75) is 334 Å². The first-order valence-corrected chi connectivity index (χ1v) is 28.4. The van der Waals surface area contributed by atoms with Crippen molar-refractivity contribution in [1.82, 2.24) is 5.32 Å². The van der Waals surface area contributed by atoms with E-state index in [4.69, 9.17) is 4.74 Å². The van der Waals surface area contributed by atoms with E-state index in [0.29, 0.717) is 19.3 Å². The van der Waals surface area contributed by atoms with E-state index in [1.807, 2.05) is 0 Å². The van der Waals surface area contributed by atoms with Crippen molar-refractivity contribution in [3.05, 3.63) is 12.2 Å². The summed E-state index contributed by atoms with van der Waals surface area (Å²) in [4.78, 5) is 26.2. The topological polar surface area (TPSA) is 95.9 Å². The lowest BCUT2D eigenvalue weighted by Gasteiger charge is -2.24. The number of unbranched alkanes of at least 4 members (excludes halogenated alkanes) is 38. The SMILES string of the molecule is CCCCCCCC/C=C/CCCCCCCCCCCC(=O)OC(CCCCCCCCCCCCCC)CC(=O)NC(CO)C(O)CCCCCCCCCCCCCCC. The third-order valence-electron chi connectivity index (χ3n) is 13.3. The first-order chi connectivity index (χ1) is 31.0. The summed E-state index contributed by atoms with van der Waals surface area (Å²) in [5.74, 6) is -0.455. The standard InChI is InChI=1S/C57H111NO5/c1-4-7-10-13-16-19-22-25-26-27-28-29-30-32-35-38-41-44-47-50-57(62)63-53(48-45-42-39-36-33-24-21-18-15-12-9-6-3)51-56(61)58-54(52-59)55(60)49-46-43-40-37-34-31-23-20-17-14-11-8-5-2/h25-26,53-55,59-60H,4-24,27-52H2,1-3H3,(H,58,61)/b26-25+. The predicted molar refractivity (Wildman–Crippen MR) is 273 cm³/mol. The van der Waals surface area contributed by atoms with Crippen LogP contribution in [-0.2, 0) is 14.3 Å². The third-order valence-corrected chi connectivity index (χ3v) is 13.3. The van der Waals surface area contributed by atoms with E-state index in [1.165, 1.54) is 225 Å². The second kappa shape index (κ2) is 51.6. The summed E-state index contributed by atoms with van der Waals surface area (Å²) in [6.45, 7) is 6.51. The molecule has 0 aromatic rings. The number of nitrogens with one attached hydrogen (secondary N) is 1. The minimum Gasteiger partial charge on any atom is -0.462 e. The van der Waals surface area contributed by atoms with Crippen molar-refractivity contribution in [3.63, 3.8) is 0 Å². The van der Waals surface area contributed by atoms with Crippen molar-refractivity contribution in [1.29, 1.82) is 0 Å². The fourth-order valence-electron chi connectivity index (χ4n) is 9.02. The molecule has 0 aliphatic carbocycles. The van der Waals surface area contributed by atoms with Crippen LogP contribution in [-0.4, -0.2) is 46.9 Å². The average Bonchev–Trinajstić information content (AvgIpc) is 3.28. The molecule has 3 atom stereocenters. The highest BCUT2D eigenvalue weighted by Crippen LogP contribution is 2.19. The quantitative estimate of drug-likeness (QED) is 0.0321. The lowest BCUT2D eigenvalue weighted by molar-refractivity contribution is -0.151. The molecule has 3 N–H and O–H groups in total. The normalized spacial score (nSPS) is 13.2. The van der Waals surface area contributed by atoms with Gasteiger partial charge in [-0.05, 0) is 51.4 Å². The number of aliphatic hydroxyl groups is 2. The van der Waals surface area contributed by atoms with Crippen LogP contribution in [0.3, 0.4) is 0 Å². The first kappa shape index (κ1) is 61.6. The van der Waals surface area contributed by atoms with E-state index in [-0.39, 0.29) is 24.9 Å². The minimum atomic E-state index is -0.782. The highest BCUT2D eigenvalue weighted by Gasteiger charge is 2.24. The molecule has 0 saturated carbocycles. The number of carbonyl (C=O) groups excluding carboxylic acids is 2. The van der Waals surface area contributed by atoms with E-state index < -0.39 is 18.2 Å². The van der Waals surface area contributed by atoms with Crippen molar-refractivity contribution in [2.75, 3.05) is 6.61 Å². The van der Waals surface area contributed by atoms with Gasteiger partial charge in [-0.2, -0.15) is 0 Å². The molecule has 0 heterocycles. The molecular formula is C57H111NO5. The second-order valence-corrected chi connectivity index (χ2v) is 19.7. The smallest absolute Gasteiger partial charge is 0.306 e. The number of hydrogen-bond acceptors (Lipinski definition) is 5. The number of amides is 1. The highest BCUT2D eigenvalue weighted by atomic mass is 16.5. The second-order valence-electron chi connectivity index (χ2n) is 19.7. The van der Waals surface area contributed by atoms with Crippen LogP contribution in [0.25, 0.3) is 0 Å². The summed E-state index contributed by atoms with van der Waals surface area (Å²) in [6, 6.07) is -0.695. The van der Waals surface area contributed by atoms with E-state index in [0.717, 1.165) is 44.9 Å². The summed E-state index contributed by atoms with van der Waals surface area (Å²) < 4.78 is 5.96. The molecule has 63 heavy (non-hydrogen) atoms. The third kappa shape index (κ3) is 46.9. The van der Waals surface area contributed by atoms with Crippen molar-refractivity contribution < 1.29 is 24.5 Å². The molecule has 0 spiro atoms. The zero-order valence-corrected chi connectivity index (χ0v) is 42.7. The van der Waals surface area contributed by atoms with Crippen LogP contribution in [0.2, 0.25) is 0 Å². The fourth-order valence-corrected chi connectivity index (χ4v) is 9.02. The van der Waals surface area contributed by atoms with Crippen LogP contribution in [0.5, 0.6) is 0 Å². The predicted octanol–water partition coefficient (Wildman–Crippen LogP) is 17.3. The van der Waals surface area contributed by atoms with E-state index >= 15 is 0 Å². The van der Waals surface area contributed by atoms with Crippen LogP contribution >= 0.6 is 0 Å². The van der Waals surface area contributed by atoms with Crippen molar-refractivity contribution in [2.24, 2.45) is 0 Å². The van der Waals surface area contributed by atoms with Gasteiger partial charge in [-0.25, -0.2) is 0 Å². The monoisotopic (exact) mass is 890 g/mol. The summed E-state index contributed by atoms with van der Waals surface area (Å²) >= 11 is 0. The Hall–Kier alpha value is -1.40. The first-order valence-electron chi connectivity index (χ1n) is 28.4. The van der Waals surface area contributed by atoms with E-state index in [2.05, 4.69) is 38.2 Å². The number of esters is 1. The van der Waals surface area contributed by atoms with Gasteiger partial charge in [0.05, 0.1) is 25.2 Å². The molecule has 6 nitrogen and oxygen atoms in total. The van der Waals surface area contributed by atoms with Gasteiger partial charge >= 0.3 is 5.97 Å². The molecule has 1 amide bonds. The summed E-state index contributed by atoms with van der Waals surface area (Å²) in [6.07, 6.45) is 58.5. The van der Waals surface area contributed by atoms with Crippen LogP contribution in [0.1, 0.15) is 316 Å². The highest BCUT2D eigenvalue weighted by molar-refractivity contribution is 5.77. The zero-order chi connectivity index (χ0) is 45.9. The van der Waals surface area contributed by atoms with Gasteiger partial charge in [-0.3, -0.25) is 9.59 Å². The summed E-state index contributed by atoms with van der Waals surface area (Å²) in [5.41, 5.74) is 0. The van der Waals surface area contributed by atoms with Gasteiger partial charge in [0.2, 0.25) is 5.91 Å². The van der Waals surface area contributed by atoms with Crippen LogP contribution in [0.4, 0.5) is 0 Å². The van der Waals surface area contributed by atoms with E-state index in [1.54, 1.807) is 0 Å². The van der Waals surface area contributed by atoms with E-state index in [9.17, 15) is 19.8 Å². The number of carbonyl (C=O) groups is 2. The van der Waals surface area contributed by atoms with Crippen molar-refractivity contribution >= 4 is 11.9 Å². The number of hydrogen-bond donors (Lipinski definition) is 3. The maximum atomic E-state index is 13.2. The molecule has 0 bridgehead atoms. The zero-order valence-electron chi connectivity index (χ0n) is 42.7. The molecule has 0 aromatic carbocycles. The van der Waals surface area contributed by atoms with Gasteiger partial charge in [0.25, 0.3) is 0 Å². The lowest BCUT2D eigenvalue weighted by Crippen LogP contribution is -2.46. The molecular weight excluding hydrogens is 779 g/mol. The molecule has 0 aliphatic heterocycles. The Balaban J connectivity index is 4.45. The number of allylic oxidation sites excluding steroid dienone is 2. The molecule has 0 aliphatic rings. The lowest BCUT2D eigenvalue weighted by atomic mass is 10.0.